The molecule has 2 aromatic rings. The average Bonchev–Trinajstić information content (AvgIpc) is 2.50. The van der Waals surface area contributed by atoms with Crippen LogP contribution in [0.25, 0.3) is 0 Å². The highest BCUT2D eigenvalue weighted by Crippen LogP contribution is 2.19. The van der Waals surface area contributed by atoms with Gasteiger partial charge in [-0.3, -0.25) is 9.59 Å². The monoisotopic (exact) mass is 394 g/mol. The van der Waals surface area contributed by atoms with E-state index < -0.39 is 0 Å². The number of amides is 2. The molecule has 0 aromatic heterocycles. The molecular weight excluding hydrogens is 380 g/mol. The number of carbonyl (C=O) groups excluding carboxylic acids is 2. The highest BCUT2D eigenvalue weighted by atomic mass is 79.9. The van der Waals surface area contributed by atoms with Crippen LogP contribution in [0, 0.1) is 6.92 Å². The number of nitrogens with one attached hydrogen (secondary N) is 2. The number of anilines is 1. The number of carbonyl (C=O) groups is 2. The molecule has 120 valence electrons. The molecule has 0 aliphatic rings. The topological polar surface area (TPSA) is 58.2 Å². The molecule has 0 saturated carbocycles. The van der Waals surface area contributed by atoms with Crippen LogP contribution in [-0.2, 0) is 16.0 Å². The molecule has 0 unspecified atom stereocenters. The fraction of sp³-hybridized carbons (Fsp3) is 0.176. The molecule has 0 fully saturated rings. The summed E-state index contributed by atoms with van der Waals surface area (Å²) in [7, 11) is 0. The Balaban J connectivity index is 1.84. The van der Waals surface area contributed by atoms with Gasteiger partial charge in [-0.2, -0.15) is 0 Å². The van der Waals surface area contributed by atoms with E-state index in [-0.39, 0.29) is 24.8 Å². The molecule has 0 saturated heterocycles. The van der Waals surface area contributed by atoms with Crippen LogP contribution < -0.4 is 10.6 Å². The quantitative estimate of drug-likeness (QED) is 0.811. The lowest BCUT2D eigenvalue weighted by Gasteiger charge is -2.10. The van der Waals surface area contributed by atoms with Gasteiger partial charge in [0.2, 0.25) is 11.8 Å². The standard InChI is InChI=1S/C17H16BrClN2O2/c1-11-8-13(18)6-7-15(11)21-17(23)10-20-16(22)9-12-4-2-3-5-14(12)19/h2-8H,9-10H2,1H3,(H,20,22)(H,21,23). The third kappa shape index (κ3) is 5.37. The van der Waals surface area contributed by atoms with Crippen LogP contribution in [0.1, 0.15) is 11.1 Å². The molecule has 0 aliphatic carbocycles. The second-order valence-electron chi connectivity index (χ2n) is 5.05. The van der Waals surface area contributed by atoms with E-state index in [2.05, 4.69) is 26.6 Å². The number of aryl methyl sites for hydroxylation is 1. The summed E-state index contributed by atoms with van der Waals surface area (Å²) in [4.78, 5) is 23.8. The minimum atomic E-state index is -0.275. The van der Waals surface area contributed by atoms with Crippen molar-refractivity contribution in [3.8, 4) is 0 Å². The first kappa shape index (κ1) is 17.5. The summed E-state index contributed by atoms with van der Waals surface area (Å²) in [6.45, 7) is 1.81. The first-order valence-corrected chi connectivity index (χ1v) is 8.19. The van der Waals surface area contributed by atoms with Crippen molar-refractivity contribution in [3.63, 3.8) is 0 Å². The maximum atomic E-state index is 11.9. The summed E-state index contributed by atoms with van der Waals surface area (Å²) >= 11 is 9.37. The van der Waals surface area contributed by atoms with Crippen molar-refractivity contribution in [1.82, 2.24) is 5.32 Å². The Kier molecular flexibility index (Phi) is 6.19. The van der Waals surface area contributed by atoms with Crippen LogP contribution >= 0.6 is 27.5 Å². The van der Waals surface area contributed by atoms with E-state index in [1.54, 1.807) is 18.2 Å². The smallest absolute Gasteiger partial charge is 0.243 e. The van der Waals surface area contributed by atoms with Crippen molar-refractivity contribution in [2.75, 3.05) is 11.9 Å². The lowest BCUT2D eigenvalue weighted by atomic mass is 10.1. The van der Waals surface area contributed by atoms with Gasteiger partial charge in [-0.1, -0.05) is 45.7 Å². The van der Waals surface area contributed by atoms with Crippen LogP contribution in [0.4, 0.5) is 5.69 Å². The van der Waals surface area contributed by atoms with Crippen molar-refractivity contribution in [2.24, 2.45) is 0 Å². The molecule has 2 amide bonds. The summed E-state index contributed by atoms with van der Waals surface area (Å²) in [5.41, 5.74) is 2.39. The van der Waals surface area contributed by atoms with E-state index >= 15 is 0 Å². The number of halogens is 2. The molecule has 2 N–H and O–H groups in total. The van der Waals surface area contributed by atoms with Gasteiger partial charge < -0.3 is 10.6 Å². The lowest BCUT2D eigenvalue weighted by Crippen LogP contribution is -2.33. The minimum Gasteiger partial charge on any atom is -0.347 e. The molecule has 0 bridgehead atoms. The normalized spacial score (nSPS) is 10.2. The summed E-state index contributed by atoms with van der Waals surface area (Å²) in [6.07, 6.45) is 0.143. The van der Waals surface area contributed by atoms with Crippen LogP contribution in [0.5, 0.6) is 0 Å². The van der Waals surface area contributed by atoms with Gasteiger partial charge in [0.05, 0.1) is 13.0 Å². The van der Waals surface area contributed by atoms with Crippen LogP contribution in [0.15, 0.2) is 46.9 Å². The largest absolute Gasteiger partial charge is 0.347 e. The van der Waals surface area contributed by atoms with Crippen LogP contribution in [0.2, 0.25) is 5.02 Å². The Morgan fingerprint density at radius 2 is 1.87 bits per heavy atom. The Morgan fingerprint density at radius 1 is 1.13 bits per heavy atom. The van der Waals surface area contributed by atoms with Gasteiger partial charge in [0.1, 0.15) is 0 Å². The summed E-state index contributed by atoms with van der Waals surface area (Å²) in [6, 6.07) is 12.7. The first-order chi connectivity index (χ1) is 11.0. The Labute approximate surface area is 148 Å². The third-order valence-electron chi connectivity index (χ3n) is 3.22. The predicted octanol–water partition coefficient (Wildman–Crippen LogP) is 3.71. The molecular formula is C17H16BrClN2O2. The molecule has 0 spiro atoms. The van der Waals surface area contributed by atoms with Gasteiger partial charge in [0.25, 0.3) is 0 Å². The summed E-state index contributed by atoms with van der Waals surface area (Å²) in [5.74, 6) is -0.524. The molecule has 0 radical (unpaired) electrons. The number of rotatable bonds is 5. The zero-order chi connectivity index (χ0) is 16.8. The molecule has 0 atom stereocenters. The predicted molar refractivity (Wildman–Crippen MR) is 95.7 cm³/mol. The number of hydrogen-bond donors (Lipinski definition) is 2. The van der Waals surface area contributed by atoms with Crippen molar-refractivity contribution in [3.05, 3.63) is 63.1 Å². The Hall–Kier alpha value is -1.85. The molecule has 6 heteroatoms. The van der Waals surface area contributed by atoms with Gasteiger partial charge in [-0.25, -0.2) is 0 Å². The minimum absolute atomic E-state index is 0.0845. The lowest BCUT2D eigenvalue weighted by molar-refractivity contribution is -0.123. The van der Waals surface area contributed by atoms with E-state index in [9.17, 15) is 9.59 Å². The van der Waals surface area contributed by atoms with E-state index in [1.807, 2.05) is 31.2 Å². The third-order valence-corrected chi connectivity index (χ3v) is 4.08. The van der Waals surface area contributed by atoms with Crippen molar-refractivity contribution < 1.29 is 9.59 Å². The molecule has 2 aromatic carbocycles. The zero-order valence-electron chi connectivity index (χ0n) is 12.5. The maximum Gasteiger partial charge on any atom is 0.243 e. The summed E-state index contributed by atoms with van der Waals surface area (Å²) < 4.78 is 0.945. The highest BCUT2D eigenvalue weighted by molar-refractivity contribution is 9.10. The molecule has 4 nitrogen and oxygen atoms in total. The van der Waals surface area contributed by atoms with Crippen LogP contribution in [0.3, 0.4) is 0 Å². The molecule has 2 rings (SSSR count). The van der Waals surface area contributed by atoms with Gasteiger partial charge in [-0.05, 0) is 42.3 Å². The van der Waals surface area contributed by atoms with Gasteiger partial charge >= 0.3 is 0 Å². The van der Waals surface area contributed by atoms with E-state index in [4.69, 9.17) is 11.6 Å². The molecule has 0 aliphatic heterocycles. The van der Waals surface area contributed by atoms with E-state index in [1.165, 1.54) is 0 Å². The summed E-state index contributed by atoms with van der Waals surface area (Å²) in [5, 5.41) is 5.90. The highest BCUT2D eigenvalue weighted by Gasteiger charge is 2.09. The average molecular weight is 396 g/mol. The van der Waals surface area contributed by atoms with Crippen LogP contribution in [-0.4, -0.2) is 18.4 Å². The van der Waals surface area contributed by atoms with Gasteiger partial charge in [-0.15, -0.1) is 0 Å². The van der Waals surface area contributed by atoms with E-state index in [0.717, 1.165) is 21.3 Å². The van der Waals surface area contributed by atoms with Crippen molar-refractivity contribution >= 4 is 45.0 Å². The second-order valence-corrected chi connectivity index (χ2v) is 6.38. The Bertz CT molecular complexity index is 734. The fourth-order valence-electron chi connectivity index (χ4n) is 2.02. The SMILES string of the molecule is Cc1cc(Br)ccc1NC(=O)CNC(=O)Cc1ccccc1Cl. The van der Waals surface area contributed by atoms with E-state index in [0.29, 0.717) is 5.02 Å². The number of benzene rings is 2. The Morgan fingerprint density at radius 3 is 2.57 bits per heavy atom. The zero-order valence-corrected chi connectivity index (χ0v) is 14.9. The molecule has 0 heterocycles. The molecule has 23 heavy (non-hydrogen) atoms. The van der Waals surface area contributed by atoms with Gasteiger partial charge in [0, 0.05) is 15.2 Å². The van der Waals surface area contributed by atoms with Gasteiger partial charge in [0.15, 0.2) is 0 Å². The number of hydrogen-bond acceptors (Lipinski definition) is 2. The van der Waals surface area contributed by atoms with Crippen molar-refractivity contribution in [1.29, 1.82) is 0 Å². The first-order valence-electron chi connectivity index (χ1n) is 7.02. The fourth-order valence-corrected chi connectivity index (χ4v) is 2.70. The second kappa shape index (κ2) is 8.13. The van der Waals surface area contributed by atoms with Crippen molar-refractivity contribution in [2.45, 2.75) is 13.3 Å². The maximum absolute atomic E-state index is 11.9.